The van der Waals surface area contributed by atoms with Crippen molar-refractivity contribution < 1.29 is 18.3 Å². The number of nitrogens with one attached hydrogen (secondary N) is 1. The Morgan fingerprint density at radius 2 is 1.84 bits per heavy atom. The third kappa shape index (κ3) is 4.57. The minimum Gasteiger partial charge on any atom is -0.493 e. The van der Waals surface area contributed by atoms with Gasteiger partial charge in [-0.05, 0) is 61.6 Å². The highest BCUT2D eigenvalue weighted by atomic mass is 19.1. The Labute approximate surface area is 187 Å². The van der Waals surface area contributed by atoms with Gasteiger partial charge in [0, 0.05) is 50.5 Å². The minimum absolute atomic E-state index is 0.0716. The summed E-state index contributed by atoms with van der Waals surface area (Å²) in [7, 11) is 1.55. The lowest BCUT2D eigenvalue weighted by molar-refractivity contribution is 0.0545. The molecule has 2 aliphatic heterocycles. The molecule has 0 bridgehead atoms. The number of aromatic nitrogens is 2. The van der Waals surface area contributed by atoms with Gasteiger partial charge in [-0.1, -0.05) is 0 Å². The van der Waals surface area contributed by atoms with Gasteiger partial charge in [0.05, 0.1) is 12.8 Å². The highest BCUT2D eigenvalue weighted by molar-refractivity contribution is 5.64. The second-order valence-electron chi connectivity index (χ2n) is 9.38. The summed E-state index contributed by atoms with van der Waals surface area (Å²) in [5.41, 5.74) is 0.318. The van der Waals surface area contributed by atoms with E-state index in [1.54, 1.807) is 13.2 Å². The minimum atomic E-state index is -0.544. The predicted octanol–water partition coefficient (Wildman–Crippen LogP) is 3.98. The topological polar surface area (TPSA) is 59.5 Å². The van der Waals surface area contributed by atoms with E-state index in [4.69, 9.17) is 9.47 Å². The van der Waals surface area contributed by atoms with Gasteiger partial charge in [-0.3, -0.25) is 0 Å². The van der Waals surface area contributed by atoms with Crippen LogP contribution in [0.2, 0.25) is 0 Å². The van der Waals surface area contributed by atoms with Crippen molar-refractivity contribution in [2.75, 3.05) is 45.3 Å². The Balaban J connectivity index is 1.21. The second kappa shape index (κ2) is 9.27. The average Bonchev–Trinajstić information content (AvgIpc) is 3.34. The molecule has 2 aromatic rings. The monoisotopic (exact) mass is 444 g/mol. The summed E-state index contributed by atoms with van der Waals surface area (Å²) >= 11 is 0. The molecule has 1 aromatic carbocycles. The molecule has 0 radical (unpaired) electrons. The molecular formula is C24H30F2N4O2. The van der Waals surface area contributed by atoms with Gasteiger partial charge in [0.2, 0.25) is 0 Å². The maximum atomic E-state index is 14.1. The number of hydrogen-bond donors (Lipinski definition) is 1. The van der Waals surface area contributed by atoms with Gasteiger partial charge in [0.1, 0.15) is 11.6 Å². The average molecular weight is 445 g/mol. The molecule has 3 heterocycles. The lowest BCUT2D eigenvalue weighted by Gasteiger charge is -2.27. The zero-order valence-electron chi connectivity index (χ0n) is 18.4. The molecule has 3 atom stereocenters. The molecule has 6 nitrogen and oxygen atoms in total. The fraction of sp³-hybridized carbons (Fsp3) is 0.583. The maximum absolute atomic E-state index is 14.1. The standard InChI is InChI=1S/C24H30F2N4O2/c1-31-23-11-22(20-10-18(25)2-3-21(20)26)28-29-24(23)27-19-8-16-13-30(14-17(16)9-19)12-15-4-6-32-7-5-15/h2-3,10-11,15-17,19H,4-9,12-14H2,1H3,(H,27,29)/t16-,17+,19?. The number of methoxy groups -OCH3 is 1. The van der Waals surface area contributed by atoms with Crippen molar-refractivity contribution in [1.29, 1.82) is 0 Å². The van der Waals surface area contributed by atoms with E-state index in [1.165, 1.54) is 32.5 Å². The predicted molar refractivity (Wildman–Crippen MR) is 118 cm³/mol. The van der Waals surface area contributed by atoms with E-state index in [0.717, 1.165) is 50.2 Å². The van der Waals surface area contributed by atoms with Gasteiger partial charge in [0.15, 0.2) is 11.6 Å². The number of ether oxygens (including phenoxy) is 2. The van der Waals surface area contributed by atoms with Crippen molar-refractivity contribution in [3.63, 3.8) is 0 Å². The first-order valence-corrected chi connectivity index (χ1v) is 11.5. The Hall–Kier alpha value is -2.32. The fourth-order valence-corrected chi connectivity index (χ4v) is 5.61. The van der Waals surface area contributed by atoms with Gasteiger partial charge >= 0.3 is 0 Å². The number of rotatable bonds is 6. The molecule has 1 aliphatic carbocycles. The van der Waals surface area contributed by atoms with Crippen molar-refractivity contribution in [1.82, 2.24) is 15.1 Å². The normalized spacial score (nSPS) is 26.3. The molecule has 172 valence electrons. The summed E-state index contributed by atoms with van der Waals surface area (Å²) in [6.07, 6.45) is 4.56. The Bertz CT molecular complexity index is 940. The molecule has 3 fully saturated rings. The summed E-state index contributed by atoms with van der Waals surface area (Å²) in [5.74, 6) is 2.15. The molecule has 0 amide bonds. The molecule has 3 aliphatic rings. The van der Waals surface area contributed by atoms with E-state index < -0.39 is 11.6 Å². The molecule has 8 heteroatoms. The highest BCUT2D eigenvalue weighted by Crippen LogP contribution is 2.40. The number of benzene rings is 1. The first-order valence-electron chi connectivity index (χ1n) is 11.5. The summed E-state index contributed by atoms with van der Waals surface area (Å²) in [6, 6.07) is 5.22. The number of fused-ring (bicyclic) bond motifs is 1. The van der Waals surface area contributed by atoms with Crippen molar-refractivity contribution in [2.45, 2.75) is 31.7 Å². The summed E-state index contributed by atoms with van der Waals surface area (Å²) < 4.78 is 38.7. The molecule has 2 saturated heterocycles. The Morgan fingerprint density at radius 1 is 1.09 bits per heavy atom. The Kier molecular flexibility index (Phi) is 6.24. The fourth-order valence-electron chi connectivity index (χ4n) is 5.61. The van der Waals surface area contributed by atoms with Gasteiger partial charge in [-0.15, -0.1) is 10.2 Å². The van der Waals surface area contributed by atoms with Crippen LogP contribution < -0.4 is 10.1 Å². The number of halogens is 2. The van der Waals surface area contributed by atoms with Crippen LogP contribution >= 0.6 is 0 Å². The molecule has 1 unspecified atom stereocenters. The van der Waals surface area contributed by atoms with Crippen LogP contribution in [-0.2, 0) is 4.74 Å². The van der Waals surface area contributed by atoms with Crippen LogP contribution in [0, 0.1) is 29.4 Å². The van der Waals surface area contributed by atoms with E-state index in [2.05, 4.69) is 20.4 Å². The highest BCUT2D eigenvalue weighted by Gasteiger charge is 2.41. The zero-order valence-corrected chi connectivity index (χ0v) is 18.4. The first-order chi connectivity index (χ1) is 15.6. The molecular weight excluding hydrogens is 414 g/mol. The van der Waals surface area contributed by atoms with Gasteiger partial charge in [0.25, 0.3) is 0 Å². The van der Waals surface area contributed by atoms with Crippen molar-refractivity contribution in [3.8, 4) is 17.0 Å². The molecule has 1 aromatic heterocycles. The van der Waals surface area contributed by atoms with Crippen LogP contribution in [-0.4, -0.2) is 61.1 Å². The largest absolute Gasteiger partial charge is 0.493 e. The first kappa shape index (κ1) is 21.5. The smallest absolute Gasteiger partial charge is 0.191 e. The van der Waals surface area contributed by atoms with Crippen LogP contribution in [0.25, 0.3) is 11.3 Å². The maximum Gasteiger partial charge on any atom is 0.191 e. The second-order valence-corrected chi connectivity index (χ2v) is 9.38. The molecule has 1 N–H and O–H groups in total. The summed E-state index contributed by atoms with van der Waals surface area (Å²) in [4.78, 5) is 2.64. The lowest BCUT2D eigenvalue weighted by Crippen LogP contribution is -2.32. The van der Waals surface area contributed by atoms with E-state index in [1.807, 2.05) is 0 Å². The van der Waals surface area contributed by atoms with Crippen molar-refractivity contribution in [3.05, 3.63) is 35.9 Å². The van der Waals surface area contributed by atoms with Crippen molar-refractivity contribution >= 4 is 5.82 Å². The van der Waals surface area contributed by atoms with Crippen LogP contribution in [0.3, 0.4) is 0 Å². The molecule has 5 rings (SSSR count). The quantitative estimate of drug-likeness (QED) is 0.727. The van der Waals surface area contributed by atoms with Gasteiger partial charge < -0.3 is 19.7 Å². The molecule has 32 heavy (non-hydrogen) atoms. The van der Waals surface area contributed by atoms with Gasteiger partial charge in [-0.25, -0.2) is 8.78 Å². The SMILES string of the molecule is COc1cc(-c2cc(F)ccc2F)nnc1NC1C[C@@H]2CN(CC3CCOCC3)C[C@@H]2C1. The van der Waals surface area contributed by atoms with E-state index >= 15 is 0 Å². The van der Waals surface area contributed by atoms with E-state index in [-0.39, 0.29) is 11.3 Å². The van der Waals surface area contributed by atoms with Gasteiger partial charge in [-0.2, -0.15) is 0 Å². The van der Waals surface area contributed by atoms with Crippen LogP contribution in [0.1, 0.15) is 25.7 Å². The number of anilines is 1. The van der Waals surface area contributed by atoms with Crippen molar-refractivity contribution in [2.24, 2.45) is 17.8 Å². The van der Waals surface area contributed by atoms with Crippen LogP contribution in [0.4, 0.5) is 14.6 Å². The number of nitrogens with zero attached hydrogens (tertiary/aromatic N) is 3. The number of hydrogen-bond acceptors (Lipinski definition) is 6. The van der Waals surface area contributed by atoms with E-state index in [0.29, 0.717) is 29.4 Å². The lowest BCUT2D eigenvalue weighted by atomic mass is 10.00. The number of likely N-dealkylation sites (tertiary alicyclic amines) is 1. The van der Waals surface area contributed by atoms with E-state index in [9.17, 15) is 8.78 Å². The summed E-state index contributed by atoms with van der Waals surface area (Å²) in [5, 5.41) is 11.9. The Morgan fingerprint density at radius 3 is 2.56 bits per heavy atom. The van der Waals surface area contributed by atoms with Crippen LogP contribution in [0.5, 0.6) is 5.75 Å². The third-order valence-electron chi connectivity index (χ3n) is 7.21. The molecule has 0 spiro atoms. The summed E-state index contributed by atoms with van der Waals surface area (Å²) in [6.45, 7) is 5.35. The third-order valence-corrected chi connectivity index (χ3v) is 7.21. The zero-order chi connectivity index (χ0) is 22.1. The van der Waals surface area contributed by atoms with Crippen LogP contribution in [0.15, 0.2) is 24.3 Å². The molecule has 1 saturated carbocycles.